The van der Waals surface area contributed by atoms with E-state index in [1.807, 2.05) is 0 Å². The summed E-state index contributed by atoms with van der Waals surface area (Å²) in [5, 5.41) is 68.0. The first-order chi connectivity index (χ1) is 13.8. The summed E-state index contributed by atoms with van der Waals surface area (Å²) in [4.78, 5) is 0. The molecular formula is C20H22O9. The largest absolute Gasteiger partial charge is 0.508 e. The van der Waals surface area contributed by atoms with Gasteiger partial charge in [-0.25, -0.2) is 0 Å². The predicted octanol–water partition coefficient (Wildman–Crippen LogP) is 0.152. The highest BCUT2D eigenvalue weighted by Gasteiger charge is 2.44. The van der Waals surface area contributed by atoms with E-state index in [0.717, 1.165) is 0 Å². The third-order valence-corrected chi connectivity index (χ3v) is 4.47. The van der Waals surface area contributed by atoms with Crippen LogP contribution in [0.25, 0.3) is 12.2 Å². The fourth-order valence-corrected chi connectivity index (χ4v) is 2.93. The van der Waals surface area contributed by atoms with E-state index >= 15 is 0 Å². The molecule has 0 amide bonds. The SMILES string of the molecule is OCC1O[C@@H](Oc2ccc(/C=C/c3cc(O)cc(O)c3)cc2O)C(O)[C@@H](O)[C@@H]1O. The van der Waals surface area contributed by atoms with Gasteiger partial charge in [0, 0.05) is 6.07 Å². The van der Waals surface area contributed by atoms with Gasteiger partial charge >= 0.3 is 0 Å². The van der Waals surface area contributed by atoms with Gasteiger partial charge in [-0.05, 0) is 35.4 Å². The minimum Gasteiger partial charge on any atom is -0.508 e. The highest BCUT2D eigenvalue weighted by atomic mass is 16.7. The van der Waals surface area contributed by atoms with Gasteiger partial charge in [-0.2, -0.15) is 0 Å². The van der Waals surface area contributed by atoms with Crippen LogP contribution in [0.5, 0.6) is 23.0 Å². The lowest BCUT2D eigenvalue weighted by molar-refractivity contribution is -0.277. The van der Waals surface area contributed by atoms with Crippen LogP contribution in [-0.2, 0) is 4.74 Å². The number of hydrogen-bond acceptors (Lipinski definition) is 9. The minimum absolute atomic E-state index is 0.0403. The molecular weight excluding hydrogens is 384 g/mol. The number of ether oxygens (including phenoxy) is 2. The maximum absolute atomic E-state index is 10.2. The summed E-state index contributed by atoms with van der Waals surface area (Å²) in [7, 11) is 0. The van der Waals surface area contributed by atoms with E-state index in [-0.39, 0.29) is 23.0 Å². The smallest absolute Gasteiger partial charge is 0.229 e. The van der Waals surface area contributed by atoms with E-state index in [9.17, 15) is 35.7 Å². The molecule has 1 heterocycles. The van der Waals surface area contributed by atoms with E-state index in [1.54, 1.807) is 18.2 Å². The van der Waals surface area contributed by atoms with Crippen molar-refractivity contribution in [3.05, 3.63) is 47.5 Å². The molecule has 3 rings (SSSR count). The highest BCUT2D eigenvalue weighted by Crippen LogP contribution is 2.32. The van der Waals surface area contributed by atoms with E-state index in [4.69, 9.17) is 9.47 Å². The topological polar surface area (TPSA) is 160 Å². The molecule has 1 aliphatic rings. The van der Waals surface area contributed by atoms with Gasteiger partial charge in [-0.1, -0.05) is 18.2 Å². The summed E-state index contributed by atoms with van der Waals surface area (Å²) < 4.78 is 10.6. The Morgan fingerprint density at radius 3 is 2.10 bits per heavy atom. The molecule has 0 saturated carbocycles. The summed E-state index contributed by atoms with van der Waals surface area (Å²) in [6, 6.07) is 8.49. The number of benzene rings is 2. The molecule has 1 aliphatic heterocycles. The molecule has 0 aliphatic carbocycles. The fourth-order valence-electron chi connectivity index (χ4n) is 2.93. The van der Waals surface area contributed by atoms with Crippen molar-refractivity contribution in [1.29, 1.82) is 0 Å². The van der Waals surface area contributed by atoms with Crippen molar-refractivity contribution in [3.8, 4) is 23.0 Å². The Kier molecular flexibility index (Phi) is 6.26. The molecule has 0 bridgehead atoms. The Bertz CT molecular complexity index is 860. The van der Waals surface area contributed by atoms with Crippen molar-refractivity contribution in [1.82, 2.24) is 0 Å². The Morgan fingerprint density at radius 2 is 1.48 bits per heavy atom. The molecule has 29 heavy (non-hydrogen) atoms. The van der Waals surface area contributed by atoms with Crippen LogP contribution in [0.15, 0.2) is 36.4 Å². The second-order valence-electron chi connectivity index (χ2n) is 6.66. The molecule has 9 nitrogen and oxygen atoms in total. The molecule has 2 aromatic rings. The lowest BCUT2D eigenvalue weighted by Crippen LogP contribution is -2.60. The molecule has 5 atom stereocenters. The lowest BCUT2D eigenvalue weighted by atomic mass is 9.99. The summed E-state index contributed by atoms with van der Waals surface area (Å²) in [6.07, 6.45) is -3.97. The summed E-state index contributed by atoms with van der Waals surface area (Å²) in [6.45, 7) is -0.592. The Morgan fingerprint density at radius 1 is 0.828 bits per heavy atom. The van der Waals surface area contributed by atoms with E-state index in [0.29, 0.717) is 11.1 Å². The number of aromatic hydroxyl groups is 3. The minimum atomic E-state index is -1.59. The van der Waals surface area contributed by atoms with Gasteiger partial charge in [0.15, 0.2) is 11.5 Å². The van der Waals surface area contributed by atoms with Crippen molar-refractivity contribution in [2.45, 2.75) is 30.7 Å². The third-order valence-electron chi connectivity index (χ3n) is 4.47. The lowest BCUT2D eigenvalue weighted by Gasteiger charge is -2.39. The van der Waals surface area contributed by atoms with Crippen LogP contribution in [0, 0.1) is 0 Å². The summed E-state index contributed by atoms with van der Waals surface area (Å²) in [5.41, 5.74) is 1.12. The quantitative estimate of drug-likeness (QED) is 0.343. The molecule has 0 radical (unpaired) electrons. The zero-order valence-electron chi connectivity index (χ0n) is 15.2. The number of phenolic OH excluding ortho intramolecular Hbond substituents is 3. The van der Waals surface area contributed by atoms with Gasteiger partial charge < -0.3 is 45.2 Å². The number of aliphatic hydroxyl groups is 4. The maximum atomic E-state index is 10.2. The zero-order valence-corrected chi connectivity index (χ0v) is 15.2. The average molecular weight is 406 g/mol. The number of aliphatic hydroxyl groups excluding tert-OH is 4. The molecule has 156 valence electrons. The number of hydrogen-bond donors (Lipinski definition) is 7. The van der Waals surface area contributed by atoms with E-state index in [2.05, 4.69) is 0 Å². The number of phenols is 3. The standard InChI is InChI=1S/C20H22O9/c21-9-16-17(25)18(26)19(27)20(29-16)28-15-4-3-10(7-14(15)24)1-2-11-5-12(22)8-13(23)6-11/h1-8,16-27H,9H2/b2-1+/t16?,17-,18+,19?,20-/m1/s1. The first kappa shape index (κ1) is 20.9. The monoisotopic (exact) mass is 406 g/mol. The zero-order chi connectivity index (χ0) is 21.1. The molecule has 9 heteroatoms. The van der Waals surface area contributed by atoms with Crippen molar-refractivity contribution in [2.24, 2.45) is 0 Å². The first-order valence-corrected chi connectivity index (χ1v) is 8.80. The molecule has 1 fully saturated rings. The van der Waals surface area contributed by atoms with Crippen LogP contribution in [0.2, 0.25) is 0 Å². The van der Waals surface area contributed by atoms with Crippen LogP contribution in [-0.4, -0.2) is 73.1 Å². The fraction of sp³-hybridized carbons (Fsp3) is 0.300. The summed E-state index contributed by atoms with van der Waals surface area (Å²) >= 11 is 0. The van der Waals surface area contributed by atoms with Gasteiger partial charge in [0.2, 0.25) is 6.29 Å². The van der Waals surface area contributed by atoms with Crippen molar-refractivity contribution in [3.63, 3.8) is 0 Å². The van der Waals surface area contributed by atoms with E-state index < -0.39 is 37.3 Å². The summed E-state index contributed by atoms with van der Waals surface area (Å²) in [5.74, 6) is -0.490. The maximum Gasteiger partial charge on any atom is 0.229 e. The Hall–Kier alpha value is -2.82. The molecule has 1 saturated heterocycles. The normalized spacial score (nSPS) is 27.2. The second-order valence-corrected chi connectivity index (χ2v) is 6.66. The van der Waals surface area contributed by atoms with Gasteiger partial charge in [-0.3, -0.25) is 0 Å². The van der Waals surface area contributed by atoms with E-state index in [1.165, 1.54) is 30.3 Å². The van der Waals surface area contributed by atoms with Gasteiger partial charge in [0.05, 0.1) is 6.61 Å². The second kappa shape index (κ2) is 8.68. The molecule has 2 unspecified atom stereocenters. The van der Waals surface area contributed by atoms with Crippen LogP contribution in [0.4, 0.5) is 0 Å². The van der Waals surface area contributed by atoms with Crippen LogP contribution in [0.1, 0.15) is 11.1 Å². The Labute approximate surface area is 165 Å². The van der Waals surface area contributed by atoms with Gasteiger partial charge in [0.1, 0.15) is 35.9 Å². The van der Waals surface area contributed by atoms with Crippen LogP contribution < -0.4 is 4.74 Å². The molecule has 2 aromatic carbocycles. The van der Waals surface area contributed by atoms with Crippen molar-refractivity contribution in [2.75, 3.05) is 6.61 Å². The number of rotatable bonds is 5. The average Bonchev–Trinajstić information content (AvgIpc) is 2.67. The first-order valence-electron chi connectivity index (χ1n) is 8.80. The third kappa shape index (κ3) is 4.78. The molecule has 0 aromatic heterocycles. The van der Waals surface area contributed by atoms with Crippen LogP contribution in [0.3, 0.4) is 0 Å². The van der Waals surface area contributed by atoms with Gasteiger partial charge in [-0.15, -0.1) is 0 Å². The van der Waals surface area contributed by atoms with Gasteiger partial charge in [0.25, 0.3) is 0 Å². The van der Waals surface area contributed by atoms with Crippen molar-refractivity contribution >= 4 is 12.2 Å². The highest BCUT2D eigenvalue weighted by molar-refractivity contribution is 5.72. The Balaban J connectivity index is 1.73. The van der Waals surface area contributed by atoms with Crippen LogP contribution >= 0.6 is 0 Å². The molecule has 0 spiro atoms. The van der Waals surface area contributed by atoms with Crippen molar-refractivity contribution < 1.29 is 45.2 Å². The molecule has 7 N–H and O–H groups in total. The predicted molar refractivity (Wildman–Crippen MR) is 101 cm³/mol.